The van der Waals surface area contributed by atoms with Gasteiger partial charge in [0.15, 0.2) is 12.6 Å². The highest BCUT2D eigenvalue weighted by molar-refractivity contribution is 14.0. The molecular formula is C18H19F6IN4O. The summed E-state index contributed by atoms with van der Waals surface area (Å²) >= 11 is 0. The molecule has 30 heavy (non-hydrogen) atoms. The lowest BCUT2D eigenvalue weighted by Crippen LogP contribution is -2.36. The Kier molecular flexibility index (Phi) is 9.65. The van der Waals surface area contributed by atoms with Crippen molar-refractivity contribution in [1.29, 1.82) is 0 Å². The first-order valence-electron chi connectivity index (χ1n) is 8.32. The fourth-order valence-electron chi connectivity index (χ4n) is 2.28. The number of halogens is 7. The summed E-state index contributed by atoms with van der Waals surface area (Å²) in [5, 5.41) is 5.69. The highest BCUT2D eigenvalue weighted by atomic mass is 127. The van der Waals surface area contributed by atoms with E-state index in [9.17, 15) is 26.3 Å². The van der Waals surface area contributed by atoms with E-state index in [1.54, 1.807) is 0 Å². The maximum atomic E-state index is 12.8. The van der Waals surface area contributed by atoms with E-state index in [-0.39, 0.29) is 48.9 Å². The van der Waals surface area contributed by atoms with Crippen LogP contribution in [0.25, 0.3) is 0 Å². The first-order valence-corrected chi connectivity index (χ1v) is 8.32. The van der Waals surface area contributed by atoms with E-state index in [1.807, 2.05) is 0 Å². The Morgan fingerprint density at radius 1 is 1.03 bits per heavy atom. The van der Waals surface area contributed by atoms with Gasteiger partial charge in [0, 0.05) is 31.9 Å². The van der Waals surface area contributed by atoms with E-state index in [2.05, 4.69) is 20.6 Å². The van der Waals surface area contributed by atoms with E-state index >= 15 is 0 Å². The molecule has 12 heteroatoms. The van der Waals surface area contributed by atoms with Gasteiger partial charge in [0.05, 0.1) is 5.56 Å². The largest absolute Gasteiger partial charge is 0.468 e. The van der Waals surface area contributed by atoms with Crippen molar-refractivity contribution in [2.24, 2.45) is 4.99 Å². The average molecular weight is 548 g/mol. The van der Waals surface area contributed by atoms with Gasteiger partial charge in [-0.1, -0.05) is 18.2 Å². The molecule has 0 atom stereocenters. The lowest BCUT2D eigenvalue weighted by Gasteiger charge is -2.15. The number of pyridine rings is 1. The summed E-state index contributed by atoms with van der Waals surface area (Å²) in [5.41, 5.74) is -0.0151. The van der Waals surface area contributed by atoms with Gasteiger partial charge in [-0.25, -0.2) is 4.98 Å². The minimum atomic E-state index is -4.50. The second-order valence-corrected chi connectivity index (χ2v) is 5.85. The Labute approximate surface area is 186 Å². The third-order valence-corrected chi connectivity index (χ3v) is 3.61. The van der Waals surface area contributed by atoms with Crippen LogP contribution in [-0.4, -0.2) is 30.8 Å². The molecule has 1 aromatic heterocycles. The molecule has 1 aromatic carbocycles. The van der Waals surface area contributed by atoms with Crippen LogP contribution in [0.1, 0.15) is 16.7 Å². The summed E-state index contributed by atoms with van der Waals surface area (Å²) in [6.07, 6.45) is -7.64. The first-order chi connectivity index (χ1) is 13.6. The maximum absolute atomic E-state index is 12.8. The van der Waals surface area contributed by atoms with E-state index in [4.69, 9.17) is 4.74 Å². The number of aliphatic imine (C=N–C) groups is 1. The molecule has 0 aliphatic heterocycles. The molecule has 0 spiro atoms. The third-order valence-electron chi connectivity index (χ3n) is 3.61. The number of hydrogen-bond acceptors (Lipinski definition) is 3. The van der Waals surface area contributed by atoms with Crippen molar-refractivity contribution in [2.45, 2.75) is 25.4 Å². The third kappa shape index (κ3) is 8.63. The first kappa shape index (κ1) is 25.8. The molecule has 0 bridgehead atoms. The van der Waals surface area contributed by atoms with Crippen molar-refractivity contribution in [3.63, 3.8) is 0 Å². The van der Waals surface area contributed by atoms with Gasteiger partial charge in [0.25, 0.3) is 0 Å². The normalized spacial score (nSPS) is 12.2. The predicted molar refractivity (Wildman–Crippen MR) is 110 cm³/mol. The molecule has 2 rings (SSSR count). The van der Waals surface area contributed by atoms with Crippen molar-refractivity contribution in [1.82, 2.24) is 15.6 Å². The highest BCUT2D eigenvalue weighted by Gasteiger charge is 2.30. The van der Waals surface area contributed by atoms with Crippen LogP contribution in [0.2, 0.25) is 0 Å². The Morgan fingerprint density at radius 3 is 2.37 bits per heavy atom. The van der Waals surface area contributed by atoms with E-state index < -0.39 is 24.5 Å². The van der Waals surface area contributed by atoms with Crippen LogP contribution < -0.4 is 15.4 Å². The molecule has 2 N–H and O–H groups in total. The summed E-state index contributed by atoms with van der Waals surface area (Å²) in [4.78, 5) is 7.72. The molecule has 0 amide bonds. The molecule has 0 aliphatic rings. The number of alkyl halides is 6. The zero-order chi connectivity index (χ0) is 21.5. The van der Waals surface area contributed by atoms with E-state index in [0.717, 1.165) is 12.1 Å². The Bertz CT molecular complexity index is 842. The summed E-state index contributed by atoms with van der Waals surface area (Å²) < 4.78 is 80.0. The van der Waals surface area contributed by atoms with Gasteiger partial charge >= 0.3 is 12.4 Å². The zero-order valence-electron chi connectivity index (χ0n) is 15.6. The number of hydrogen-bond donors (Lipinski definition) is 2. The van der Waals surface area contributed by atoms with Gasteiger partial charge in [-0.3, -0.25) is 4.99 Å². The van der Waals surface area contributed by atoms with Crippen LogP contribution in [0.5, 0.6) is 5.88 Å². The van der Waals surface area contributed by atoms with Crippen molar-refractivity contribution < 1.29 is 31.1 Å². The molecule has 0 fully saturated rings. The average Bonchev–Trinajstić information content (AvgIpc) is 2.66. The number of rotatable bonds is 6. The minimum absolute atomic E-state index is 0. The van der Waals surface area contributed by atoms with Gasteiger partial charge in [-0.2, -0.15) is 26.3 Å². The van der Waals surface area contributed by atoms with Crippen LogP contribution in [0.3, 0.4) is 0 Å². The molecule has 0 radical (unpaired) electrons. The molecule has 0 aliphatic carbocycles. The smallest absolute Gasteiger partial charge is 0.422 e. The number of nitrogens with zero attached hydrogens (tertiary/aromatic N) is 2. The van der Waals surface area contributed by atoms with E-state index in [1.165, 1.54) is 37.5 Å². The summed E-state index contributed by atoms with van der Waals surface area (Å²) in [6.45, 7) is -1.36. The van der Waals surface area contributed by atoms with Gasteiger partial charge in [-0.05, 0) is 23.8 Å². The molecule has 0 saturated carbocycles. The van der Waals surface area contributed by atoms with Crippen molar-refractivity contribution >= 4 is 29.9 Å². The fraction of sp³-hybridized carbons (Fsp3) is 0.333. The lowest BCUT2D eigenvalue weighted by atomic mass is 10.1. The van der Waals surface area contributed by atoms with E-state index in [0.29, 0.717) is 11.1 Å². The van der Waals surface area contributed by atoms with Gasteiger partial charge in [-0.15, -0.1) is 24.0 Å². The zero-order valence-corrected chi connectivity index (χ0v) is 18.0. The fourth-order valence-corrected chi connectivity index (χ4v) is 2.28. The second kappa shape index (κ2) is 11.2. The molecule has 5 nitrogen and oxygen atoms in total. The number of benzene rings is 1. The molecule has 166 valence electrons. The van der Waals surface area contributed by atoms with Crippen LogP contribution in [0, 0.1) is 0 Å². The van der Waals surface area contributed by atoms with Crippen LogP contribution in [0.15, 0.2) is 47.6 Å². The monoisotopic (exact) mass is 548 g/mol. The topological polar surface area (TPSA) is 58.5 Å². The maximum Gasteiger partial charge on any atom is 0.422 e. The van der Waals surface area contributed by atoms with Crippen LogP contribution >= 0.6 is 24.0 Å². The summed E-state index contributed by atoms with van der Waals surface area (Å²) in [7, 11) is 1.45. The van der Waals surface area contributed by atoms with Gasteiger partial charge in [0.2, 0.25) is 5.88 Å². The Hall–Kier alpha value is -2.25. The molecule has 0 unspecified atom stereocenters. The molecule has 1 heterocycles. The lowest BCUT2D eigenvalue weighted by molar-refractivity contribution is -0.154. The minimum Gasteiger partial charge on any atom is -0.468 e. The number of nitrogens with one attached hydrogen (secondary N) is 2. The van der Waals surface area contributed by atoms with Crippen LogP contribution in [-0.2, 0) is 19.3 Å². The number of guanidine groups is 1. The number of aromatic nitrogens is 1. The summed E-state index contributed by atoms with van der Waals surface area (Å²) in [6, 6.07) is 7.89. The Balaban J connectivity index is 0.00000450. The SMILES string of the molecule is CN=C(NCc1cccc(C(F)(F)F)c1)NCc1cccnc1OCC(F)(F)F.I. The predicted octanol–water partition coefficient (Wildman–Crippen LogP) is 4.52. The van der Waals surface area contributed by atoms with Crippen LogP contribution in [0.4, 0.5) is 26.3 Å². The van der Waals surface area contributed by atoms with Gasteiger partial charge < -0.3 is 15.4 Å². The Morgan fingerprint density at radius 2 is 1.73 bits per heavy atom. The molecular weight excluding hydrogens is 529 g/mol. The second-order valence-electron chi connectivity index (χ2n) is 5.85. The standard InChI is InChI=1S/C18H18F6N4O.HI/c1-25-16(27-9-12-4-2-6-14(8-12)18(22,23)24)28-10-13-5-3-7-26-15(13)29-11-17(19,20)21;/h2-8H,9-11H2,1H3,(H2,25,27,28);1H. The highest BCUT2D eigenvalue weighted by Crippen LogP contribution is 2.29. The molecule has 2 aromatic rings. The quantitative estimate of drug-likeness (QED) is 0.241. The molecule has 0 saturated heterocycles. The van der Waals surface area contributed by atoms with Crippen molar-refractivity contribution in [2.75, 3.05) is 13.7 Å². The van der Waals surface area contributed by atoms with Crippen molar-refractivity contribution in [3.8, 4) is 5.88 Å². The van der Waals surface area contributed by atoms with Gasteiger partial charge in [0.1, 0.15) is 0 Å². The van der Waals surface area contributed by atoms with Crippen molar-refractivity contribution in [3.05, 3.63) is 59.3 Å². The summed E-state index contributed by atoms with van der Waals surface area (Å²) in [5.74, 6) is 0.0682. The number of ether oxygens (including phenoxy) is 1.